The zero-order valence-electron chi connectivity index (χ0n) is 13.3. The lowest BCUT2D eigenvalue weighted by atomic mass is 10.1. The van der Waals surface area contributed by atoms with E-state index >= 15 is 0 Å². The summed E-state index contributed by atoms with van der Waals surface area (Å²) in [6, 6.07) is 19.7. The normalized spacial score (nSPS) is 10.5. The molecule has 0 atom stereocenters. The highest BCUT2D eigenvalue weighted by atomic mass is 16.5. The van der Waals surface area contributed by atoms with Gasteiger partial charge in [-0.05, 0) is 42.5 Å². The first-order valence-electron chi connectivity index (χ1n) is 7.62. The van der Waals surface area contributed by atoms with Crippen LogP contribution >= 0.6 is 0 Å². The highest BCUT2D eigenvalue weighted by Gasteiger charge is 2.08. The van der Waals surface area contributed by atoms with Gasteiger partial charge in [-0.15, -0.1) is 0 Å². The van der Waals surface area contributed by atoms with Crippen LogP contribution in [0, 0.1) is 13.8 Å². The summed E-state index contributed by atoms with van der Waals surface area (Å²) < 4.78 is 5.71. The Hall–Kier alpha value is -2.81. The van der Waals surface area contributed by atoms with Crippen molar-refractivity contribution in [2.24, 2.45) is 0 Å². The van der Waals surface area contributed by atoms with Gasteiger partial charge in [-0.1, -0.05) is 48.5 Å². The van der Waals surface area contributed by atoms with Crippen LogP contribution in [-0.2, 0) is 4.79 Å². The number of aryl methyl sites for hydroxylation is 1. The van der Waals surface area contributed by atoms with E-state index in [1.807, 2.05) is 74.5 Å². The molecule has 0 bridgehead atoms. The lowest BCUT2D eigenvalue weighted by molar-refractivity contribution is -0.118. The summed E-state index contributed by atoms with van der Waals surface area (Å²) in [4.78, 5) is 12.1. The second-order valence-electron chi connectivity index (χ2n) is 5.56. The molecule has 0 aliphatic carbocycles. The molecule has 1 amide bonds. The number of hydrogen-bond acceptors (Lipinski definition) is 2. The number of hydrogen-bond donors (Lipinski definition) is 1. The molecule has 0 spiro atoms. The quantitative estimate of drug-likeness (QED) is 0.772. The minimum absolute atomic E-state index is 0.0125. The standard InChI is InChI=1S/C20H19NO2/c1-14-7-5-11-18(15(14)2)21-20(22)13-23-19-12-6-9-16-8-3-4-10-17(16)19/h3-12H,13H2,1-2H3,(H,21,22). The zero-order valence-corrected chi connectivity index (χ0v) is 13.3. The molecule has 0 unspecified atom stereocenters. The lowest BCUT2D eigenvalue weighted by Crippen LogP contribution is -2.20. The van der Waals surface area contributed by atoms with Gasteiger partial charge in [0.1, 0.15) is 5.75 Å². The summed E-state index contributed by atoms with van der Waals surface area (Å²) in [5, 5.41) is 5.01. The van der Waals surface area contributed by atoms with Gasteiger partial charge < -0.3 is 10.1 Å². The SMILES string of the molecule is Cc1cccc(NC(=O)COc2cccc3ccccc23)c1C. The molecule has 0 saturated carbocycles. The van der Waals surface area contributed by atoms with E-state index in [0.29, 0.717) is 0 Å². The summed E-state index contributed by atoms with van der Waals surface area (Å²) in [6.07, 6.45) is 0. The molecule has 0 aromatic heterocycles. The van der Waals surface area contributed by atoms with E-state index in [4.69, 9.17) is 4.74 Å². The average Bonchev–Trinajstić information content (AvgIpc) is 2.57. The molecular weight excluding hydrogens is 286 g/mol. The number of anilines is 1. The van der Waals surface area contributed by atoms with Gasteiger partial charge in [0.2, 0.25) is 0 Å². The monoisotopic (exact) mass is 305 g/mol. The molecule has 0 aliphatic rings. The third kappa shape index (κ3) is 3.34. The molecular formula is C20H19NO2. The topological polar surface area (TPSA) is 38.3 Å². The fourth-order valence-electron chi connectivity index (χ4n) is 2.54. The maximum absolute atomic E-state index is 12.1. The summed E-state index contributed by atoms with van der Waals surface area (Å²) in [5.74, 6) is 0.561. The highest BCUT2D eigenvalue weighted by Crippen LogP contribution is 2.25. The maximum Gasteiger partial charge on any atom is 0.262 e. The van der Waals surface area contributed by atoms with Crippen LogP contribution in [0.2, 0.25) is 0 Å². The molecule has 3 nitrogen and oxygen atoms in total. The third-order valence-corrected chi connectivity index (χ3v) is 3.99. The Morgan fingerprint density at radius 1 is 0.957 bits per heavy atom. The molecule has 3 heteroatoms. The van der Waals surface area contributed by atoms with Crippen molar-refractivity contribution in [2.45, 2.75) is 13.8 Å². The summed E-state index contributed by atoms with van der Waals surface area (Å²) in [6.45, 7) is 4.01. The van der Waals surface area contributed by atoms with Crippen LogP contribution in [0.1, 0.15) is 11.1 Å². The number of carbonyl (C=O) groups is 1. The van der Waals surface area contributed by atoms with Crippen LogP contribution in [0.4, 0.5) is 5.69 Å². The fraction of sp³-hybridized carbons (Fsp3) is 0.150. The number of nitrogens with one attached hydrogen (secondary N) is 1. The Labute approximate surface area is 135 Å². The van der Waals surface area contributed by atoms with Crippen LogP contribution in [0.25, 0.3) is 10.8 Å². The predicted octanol–water partition coefficient (Wildman–Crippen LogP) is 4.47. The number of ether oxygens (including phenoxy) is 1. The first-order chi connectivity index (χ1) is 11.1. The second-order valence-corrected chi connectivity index (χ2v) is 5.56. The van der Waals surface area contributed by atoms with Gasteiger partial charge in [-0.25, -0.2) is 0 Å². The van der Waals surface area contributed by atoms with Crippen molar-refractivity contribution in [3.63, 3.8) is 0 Å². The van der Waals surface area contributed by atoms with Crippen molar-refractivity contribution in [1.29, 1.82) is 0 Å². The number of benzene rings is 3. The van der Waals surface area contributed by atoms with Crippen LogP contribution in [0.3, 0.4) is 0 Å². The first kappa shape index (κ1) is 15.1. The molecule has 0 heterocycles. The lowest BCUT2D eigenvalue weighted by Gasteiger charge is -2.12. The Morgan fingerprint density at radius 2 is 1.70 bits per heavy atom. The number of carbonyl (C=O) groups excluding carboxylic acids is 1. The van der Waals surface area contributed by atoms with E-state index in [1.54, 1.807) is 0 Å². The molecule has 0 radical (unpaired) electrons. The number of amides is 1. The van der Waals surface area contributed by atoms with Crippen LogP contribution in [0.5, 0.6) is 5.75 Å². The second kappa shape index (κ2) is 6.53. The summed E-state index contributed by atoms with van der Waals surface area (Å²) >= 11 is 0. The maximum atomic E-state index is 12.1. The molecule has 3 rings (SSSR count). The van der Waals surface area contributed by atoms with E-state index in [9.17, 15) is 4.79 Å². The molecule has 1 N–H and O–H groups in total. The van der Waals surface area contributed by atoms with Crippen molar-refractivity contribution < 1.29 is 9.53 Å². The molecule has 116 valence electrons. The van der Waals surface area contributed by atoms with Crippen molar-refractivity contribution in [3.8, 4) is 5.75 Å². The Bertz CT molecular complexity index is 850. The zero-order chi connectivity index (χ0) is 16.2. The van der Waals surface area contributed by atoms with Gasteiger partial charge in [-0.3, -0.25) is 4.79 Å². The largest absolute Gasteiger partial charge is 0.483 e. The fourth-order valence-corrected chi connectivity index (χ4v) is 2.54. The van der Waals surface area contributed by atoms with Crippen molar-refractivity contribution in [1.82, 2.24) is 0 Å². The van der Waals surface area contributed by atoms with E-state index in [2.05, 4.69) is 5.32 Å². The Kier molecular flexibility index (Phi) is 4.29. The molecule has 3 aromatic carbocycles. The van der Waals surface area contributed by atoms with Gasteiger partial charge in [0.05, 0.1) is 0 Å². The predicted molar refractivity (Wildman–Crippen MR) is 94.0 cm³/mol. The molecule has 0 aliphatic heterocycles. The van der Waals surface area contributed by atoms with Gasteiger partial charge >= 0.3 is 0 Å². The van der Waals surface area contributed by atoms with Crippen LogP contribution < -0.4 is 10.1 Å². The molecule has 0 saturated heterocycles. The van der Waals surface area contributed by atoms with Crippen molar-refractivity contribution in [2.75, 3.05) is 11.9 Å². The van der Waals surface area contributed by atoms with E-state index in [-0.39, 0.29) is 12.5 Å². The number of rotatable bonds is 4. The van der Waals surface area contributed by atoms with Crippen molar-refractivity contribution >= 4 is 22.4 Å². The minimum Gasteiger partial charge on any atom is -0.483 e. The Balaban J connectivity index is 1.70. The van der Waals surface area contributed by atoms with E-state index in [1.165, 1.54) is 0 Å². The van der Waals surface area contributed by atoms with Gasteiger partial charge in [-0.2, -0.15) is 0 Å². The number of fused-ring (bicyclic) bond motifs is 1. The van der Waals surface area contributed by atoms with Crippen LogP contribution in [0.15, 0.2) is 60.7 Å². The van der Waals surface area contributed by atoms with Crippen LogP contribution in [-0.4, -0.2) is 12.5 Å². The van der Waals surface area contributed by atoms with Crippen molar-refractivity contribution in [3.05, 3.63) is 71.8 Å². The average molecular weight is 305 g/mol. The van der Waals surface area contributed by atoms with Gasteiger partial charge in [0.25, 0.3) is 5.91 Å². The molecule has 3 aromatic rings. The molecule has 0 fully saturated rings. The summed E-state index contributed by atoms with van der Waals surface area (Å²) in [5.41, 5.74) is 3.06. The van der Waals surface area contributed by atoms with E-state index in [0.717, 1.165) is 33.3 Å². The molecule has 23 heavy (non-hydrogen) atoms. The highest BCUT2D eigenvalue weighted by molar-refractivity contribution is 5.93. The smallest absolute Gasteiger partial charge is 0.262 e. The first-order valence-corrected chi connectivity index (χ1v) is 7.62. The minimum atomic E-state index is -0.161. The van der Waals surface area contributed by atoms with E-state index < -0.39 is 0 Å². The summed E-state index contributed by atoms with van der Waals surface area (Å²) in [7, 11) is 0. The van der Waals surface area contributed by atoms with Gasteiger partial charge in [0, 0.05) is 11.1 Å². The third-order valence-electron chi connectivity index (χ3n) is 3.99. The Morgan fingerprint density at radius 3 is 2.57 bits per heavy atom. The van der Waals surface area contributed by atoms with Gasteiger partial charge in [0.15, 0.2) is 6.61 Å².